The molecule has 152 valence electrons. The zero-order valence-electron chi connectivity index (χ0n) is 17.1. The van der Waals surface area contributed by atoms with Crippen molar-refractivity contribution in [3.05, 3.63) is 57.8 Å². The molecule has 0 saturated heterocycles. The number of nitrogens with zero attached hydrogens (tertiary/aromatic N) is 3. The van der Waals surface area contributed by atoms with E-state index >= 15 is 0 Å². The molecule has 7 heteroatoms. The molecule has 0 aliphatic carbocycles. The van der Waals surface area contributed by atoms with Crippen LogP contribution in [0.1, 0.15) is 42.9 Å². The highest BCUT2D eigenvalue weighted by Gasteiger charge is 2.20. The van der Waals surface area contributed by atoms with Gasteiger partial charge in [-0.25, -0.2) is 4.98 Å². The predicted octanol–water partition coefficient (Wildman–Crippen LogP) is 2.73. The summed E-state index contributed by atoms with van der Waals surface area (Å²) in [6.07, 6.45) is 2.87. The largest absolute Gasteiger partial charge is 0.497 e. The van der Waals surface area contributed by atoms with Crippen LogP contribution in [0.25, 0.3) is 11.0 Å². The quantitative estimate of drug-likeness (QED) is 0.722. The topological polar surface area (TPSA) is 78.2 Å². The van der Waals surface area contributed by atoms with Crippen molar-refractivity contribution in [1.29, 1.82) is 0 Å². The van der Waals surface area contributed by atoms with Crippen LogP contribution >= 0.6 is 0 Å². The Morgan fingerprint density at radius 3 is 2.76 bits per heavy atom. The second-order valence-electron chi connectivity index (χ2n) is 7.61. The van der Waals surface area contributed by atoms with E-state index in [9.17, 15) is 9.59 Å². The molecule has 1 aliphatic rings. The first-order valence-corrected chi connectivity index (χ1v) is 10.0. The number of fused-ring (bicyclic) bond motifs is 2. The molecular formula is C22H26N4O3. The van der Waals surface area contributed by atoms with Crippen LogP contribution in [0.4, 0.5) is 0 Å². The Morgan fingerprint density at radius 1 is 1.28 bits per heavy atom. The predicted molar refractivity (Wildman–Crippen MR) is 111 cm³/mol. The molecule has 0 saturated carbocycles. The van der Waals surface area contributed by atoms with Crippen LogP contribution in [0.3, 0.4) is 0 Å². The number of aryl methyl sites for hydroxylation is 2. The maximum Gasteiger partial charge on any atom is 0.278 e. The lowest BCUT2D eigenvalue weighted by Crippen LogP contribution is -2.33. The third-order valence-corrected chi connectivity index (χ3v) is 5.62. The average Bonchev–Trinajstić information content (AvgIpc) is 3.03. The lowest BCUT2D eigenvalue weighted by Gasteiger charge is -2.18. The summed E-state index contributed by atoms with van der Waals surface area (Å²) >= 11 is 0. The maximum absolute atomic E-state index is 13.1. The van der Waals surface area contributed by atoms with Gasteiger partial charge >= 0.3 is 0 Å². The van der Waals surface area contributed by atoms with E-state index in [-0.39, 0.29) is 24.1 Å². The summed E-state index contributed by atoms with van der Waals surface area (Å²) in [4.78, 5) is 30.5. The number of benzene rings is 1. The molecule has 1 amide bonds. The molecule has 7 nitrogen and oxygen atoms in total. The first-order valence-electron chi connectivity index (χ1n) is 10.0. The van der Waals surface area contributed by atoms with E-state index in [0.717, 1.165) is 42.1 Å². The molecule has 1 aliphatic heterocycles. The number of nitrogens with one attached hydrogen (secondary N) is 1. The minimum Gasteiger partial charge on any atom is -0.497 e. The van der Waals surface area contributed by atoms with E-state index < -0.39 is 0 Å². The smallest absolute Gasteiger partial charge is 0.278 e. The van der Waals surface area contributed by atoms with Crippen LogP contribution in [0, 0.1) is 6.92 Å². The van der Waals surface area contributed by atoms with E-state index in [0.29, 0.717) is 17.6 Å². The summed E-state index contributed by atoms with van der Waals surface area (Å²) in [5.41, 5.74) is 3.00. The van der Waals surface area contributed by atoms with Crippen molar-refractivity contribution in [1.82, 2.24) is 19.4 Å². The number of carbonyl (C=O) groups is 1. The number of methoxy groups -OCH3 is 1. The standard InChI is InChI=1S/C22H26N4O3/c1-14-12-18-21(22(28)25-11-5-4-6-19(25)24-18)26(14)13-20(27)23-15(2)16-7-9-17(29-3)10-8-16/h7-10,12,15H,4-6,11,13H2,1-3H3,(H,23,27)/t15-/m1/s1. The summed E-state index contributed by atoms with van der Waals surface area (Å²) in [6.45, 7) is 4.63. The summed E-state index contributed by atoms with van der Waals surface area (Å²) in [7, 11) is 1.62. The van der Waals surface area contributed by atoms with Crippen molar-refractivity contribution in [3.8, 4) is 5.75 Å². The van der Waals surface area contributed by atoms with Crippen molar-refractivity contribution < 1.29 is 9.53 Å². The van der Waals surface area contributed by atoms with Gasteiger partial charge < -0.3 is 14.6 Å². The minimum absolute atomic E-state index is 0.0474. The fraction of sp³-hybridized carbons (Fsp3) is 0.409. The Bertz CT molecular complexity index is 1110. The van der Waals surface area contributed by atoms with E-state index in [1.54, 1.807) is 16.2 Å². The van der Waals surface area contributed by atoms with Crippen LogP contribution in [-0.4, -0.2) is 27.1 Å². The Hall–Kier alpha value is -3.09. The van der Waals surface area contributed by atoms with Gasteiger partial charge in [0, 0.05) is 18.7 Å². The molecule has 4 rings (SSSR count). The van der Waals surface area contributed by atoms with Gasteiger partial charge in [0.1, 0.15) is 23.6 Å². The summed E-state index contributed by atoms with van der Waals surface area (Å²) < 4.78 is 8.72. The highest BCUT2D eigenvalue weighted by molar-refractivity contribution is 5.81. The van der Waals surface area contributed by atoms with Crippen LogP contribution < -0.4 is 15.6 Å². The zero-order valence-corrected chi connectivity index (χ0v) is 17.1. The average molecular weight is 394 g/mol. The number of hydrogen-bond acceptors (Lipinski definition) is 4. The van der Waals surface area contributed by atoms with Gasteiger partial charge in [0.15, 0.2) is 0 Å². The summed E-state index contributed by atoms with van der Waals surface area (Å²) in [5.74, 6) is 1.48. The first-order chi connectivity index (χ1) is 14.0. The summed E-state index contributed by atoms with van der Waals surface area (Å²) in [6, 6.07) is 9.36. The highest BCUT2D eigenvalue weighted by atomic mass is 16.5. The van der Waals surface area contributed by atoms with Gasteiger partial charge in [0.2, 0.25) is 5.91 Å². The second-order valence-corrected chi connectivity index (χ2v) is 7.61. The number of rotatable bonds is 5. The monoisotopic (exact) mass is 394 g/mol. The fourth-order valence-electron chi connectivity index (χ4n) is 4.00. The Kier molecular flexibility index (Phi) is 5.13. The Balaban J connectivity index is 1.57. The third-order valence-electron chi connectivity index (χ3n) is 5.62. The van der Waals surface area contributed by atoms with Gasteiger partial charge in [0.05, 0.1) is 18.7 Å². The molecule has 1 aromatic carbocycles. The zero-order chi connectivity index (χ0) is 20.5. The number of ether oxygens (including phenoxy) is 1. The van der Waals surface area contributed by atoms with E-state index in [4.69, 9.17) is 4.74 Å². The molecule has 0 fully saturated rings. The van der Waals surface area contributed by atoms with Crippen molar-refractivity contribution in [2.75, 3.05) is 7.11 Å². The van der Waals surface area contributed by atoms with Gasteiger partial charge in [-0.1, -0.05) is 12.1 Å². The van der Waals surface area contributed by atoms with Crippen molar-refractivity contribution >= 4 is 16.9 Å². The maximum atomic E-state index is 13.1. The van der Waals surface area contributed by atoms with Crippen LogP contribution in [0.15, 0.2) is 35.1 Å². The van der Waals surface area contributed by atoms with Crippen LogP contribution in [-0.2, 0) is 24.3 Å². The molecule has 1 N–H and O–H groups in total. The molecule has 0 radical (unpaired) electrons. The number of amides is 1. The lowest BCUT2D eigenvalue weighted by molar-refractivity contribution is -0.122. The molecule has 0 unspecified atom stereocenters. The van der Waals surface area contributed by atoms with Crippen molar-refractivity contribution in [2.24, 2.45) is 0 Å². The van der Waals surface area contributed by atoms with Gasteiger partial charge in [-0.05, 0) is 50.5 Å². The van der Waals surface area contributed by atoms with Gasteiger partial charge in [-0.2, -0.15) is 0 Å². The molecule has 0 spiro atoms. The van der Waals surface area contributed by atoms with Gasteiger partial charge in [-0.3, -0.25) is 14.2 Å². The van der Waals surface area contributed by atoms with E-state index in [1.807, 2.05) is 44.2 Å². The highest BCUT2D eigenvalue weighted by Crippen LogP contribution is 2.20. The lowest BCUT2D eigenvalue weighted by atomic mass is 10.1. The van der Waals surface area contributed by atoms with E-state index in [1.165, 1.54) is 0 Å². The fourth-order valence-corrected chi connectivity index (χ4v) is 4.00. The molecule has 3 heterocycles. The van der Waals surface area contributed by atoms with Crippen molar-refractivity contribution in [3.63, 3.8) is 0 Å². The Morgan fingerprint density at radius 2 is 2.03 bits per heavy atom. The number of hydrogen-bond donors (Lipinski definition) is 1. The van der Waals surface area contributed by atoms with E-state index in [2.05, 4.69) is 10.3 Å². The van der Waals surface area contributed by atoms with Crippen LogP contribution in [0.2, 0.25) is 0 Å². The summed E-state index contributed by atoms with van der Waals surface area (Å²) in [5, 5.41) is 3.02. The van der Waals surface area contributed by atoms with Crippen molar-refractivity contribution in [2.45, 2.75) is 52.2 Å². The molecular weight excluding hydrogens is 368 g/mol. The number of aromatic nitrogens is 3. The molecule has 0 bridgehead atoms. The molecule has 3 aromatic rings. The molecule has 29 heavy (non-hydrogen) atoms. The number of carbonyl (C=O) groups excluding carboxylic acids is 1. The normalized spacial score (nSPS) is 14.4. The first kappa shape index (κ1) is 19.2. The Labute approximate surface area is 169 Å². The molecule has 2 aromatic heterocycles. The van der Waals surface area contributed by atoms with Gasteiger partial charge in [0.25, 0.3) is 5.56 Å². The second kappa shape index (κ2) is 7.73. The minimum atomic E-state index is -0.150. The molecule has 1 atom stereocenters. The third kappa shape index (κ3) is 3.64. The van der Waals surface area contributed by atoms with Crippen LogP contribution in [0.5, 0.6) is 5.75 Å². The van der Waals surface area contributed by atoms with Gasteiger partial charge in [-0.15, -0.1) is 0 Å². The SMILES string of the molecule is COc1ccc([C@@H](C)NC(=O)Cn2c(C)cc3nc4n(c(=O)c32)CCCC4)cc1.